The topological polar surface area (TPSA) is 29.3 Å². The summed E-state index contributed by atoms with van der Waals surface area (Å²) in [6, 6.07) is 11.1. The van der Waals surface area contributed by atoms with Crippen LogP contribution in [0.4, 0.5) is 5.69 Å². The Hall–Kier alpha value is -0.840. The zero-order valence-electron chi connectivity index (χ0n) is 12.7. The van der Waals surface area contributed by atoms with Gasteiger partial charge in [-0.1, -0.05) is 19.1 Å². The van der Waals surface area contributed by atoms with Crippen LogP contribution in [-0.2, 0) is 12.8 Å². The van der Waals surface area contributed by atoms with E-state index in [0.717, 1.165) is 30.3 Å². The molecule has 0 saturated heterocycles. The fourth-order valence-corrected chi connectivity index (χ4v) is 3.71. The number of hydrogen-bond acceptors (Lipinski definition) is 3. The summed E-state index contributed by atoms with van der Waals surface area (Å²) in [5.74, 6) is 0. The molecule has 0 aliphatic rings. The van der Waals surface area contributed by atoms with Crippen LogP contribution in [0.3, 0.4) is 0 Å². The van der Waals surface area contributed by atoms with E-state index in [4.69, 9.17) is 5.73 Å². The lowest BCUT2D eigenvalue weighted by Crippen LogP contribution is -2.22. The Balaban J connectivity index is 1.99. The second-order valence-corrected chi connectivity index (χ2v) is 7.30. The number of rotatable bonds is 7. The van der Waals surface area contributed by atoms with Crippen molar-refractivity contribution in [3.63, 3.8) is 0 Å². The van der Waals surface area contributed by atoms with Gasteiger partial charge in [-0.2, -0.15) is 0 Å². The van der Waals surface area contributed by atoms with Gasteiger partial charge in [-0.3, -0.25) is 0 Å². The lowest BCUT2D eigenvalue weighted by molar-refractivity contribution is 0.646. The monoisotopic (exact) mass is 366 g/mol. The van der Waals surface area contributed by atoms with Crippen LogP contribution in [0.2, 0.25) is 0 Å². The van der Waals surface area contributed by atoms with Gasteiger partial charge in [-0.25, -0.2) is 0 Å². The number of benzene rings is 1. The van der Waals surface area contributed by atoms with Crippen molar-refractivity contribution in [2.75, 3.05) is 18.5 Å². The first-order chi connectivity index (χ1) is 10.1. The molecule has 1 unspecified atom stereocenters. The van der Waals surface area contributed by atoms with Crippen LogP contribution in [0.1, 0.15) is 23.8 Å². The van der Waals surface area contributed by atoms with Crippen LogP contribution in [-0.4, -0.2) is 19.6 Å². The highest BCUT2D eigenvalue weighted by Crippen LogP contribution is 2.27. The third-order valence-electron chi connectivity index (χ3n) is 3.72. The van der Waals surface area contributed by atoms with E-state index in [-0.39, 0.29) is 6.04 Å². The maximum atomic E-state index is 6.03. The van der Waals surface area contributed by atoms with Crippen molar-refractivity contribution >= 4 is 33.0 Å². The molecule has 0 aliphatic carbocycles. The Morgan fingerprint density at radius 2 is 2.14 bits per heavy atom. The Bertz CT molecular complexity index is 554. The highest BCUT2D eigenvalue weighted by atomic mass is 79.9. The molecule has 114 valence electrons. The van der Waals surface area contributed by atoms with Crippen molar-refractivity contribution in [1.82, 2.24) is 0 Å². The average molecular weight is 367 g/mol. The van der Waals surface area contributed by atoms with Gasteiger partial charge in [-0.05, 0) is 64.3 Å². The number of anilines is 1. The molecule has 0 radical (unpaired) electrons. The van der Waals surface area contributed by atoms with Gasteiger partial charge in [0, 0.05) is 29.0 Å². The first-order valence-electron chi connectivity index (χ1n) is 7.37. The van der Waals surface area contributed by atoms with Gasteiger partial charge in [0.2, 0.25) is 0 Å². The first kappa shape index (κ1) is 16.5. The maximum Gasteiger partial charge on any atom is 0.0508 e. The SMILES string of the molecule is CCC(N)Cc1ccc(N(C)CCc2cccs2)c(Br)c1. The third-order valence-corrected chi connectivity index (χ3v) is 5.29. The highest BCUT2D eigenvalue weighted by molar-refractivity contribution is 9.10. The molecule has 2 nitrogen and oxygen atoms in total. The summed E-state index contributed by atoms with van der Waals surface area (Å²) in [7, 11) is 2.14. The van der Waals surface area contributed by atoms with Crippen molar-refractivity contribution in [2.24, 2.45) is 5.73 Å². The van der Waals surface area contributed by atoms with E-state index in [9.17, 15) is 0 Å². The molecule has 1 heterocycles. The van der Waals surface area contributed by atoms with Crippen LogP contribution in [0.5, 0.6) is 0 Å². The minimum Gasteiger partial charge on any atom is -0.373 e. The summed E-state index contributed by atoms with van der Waals surface area (Å²) < 4.78 is 1.15. The van der Waals surface area contributed by atoms with E-state index in [1.807, 2.05) is 11.3 Å². The molecule has 0 fully saturated rings. The van der Waals surface area contributed by atoms with Crippen LogP contribution in [0.25, 0.3) is 0 Å². The van der Waals surface area contributed by atoms with Crippen molar-refractivity contribution in [1.29, 1.82) is 0 Å². The minimum atomic E-state index is 0.249. The predicted octanol–water partition coefficient (Wildman–Crippen LogP) is 4.47. The van der Waals surface area contributed by atoms with Crippen LogP contribution >= 0.6 is 27.3 Å². The van der Waals surface area contributed by atoms with E-state index in [0.29, 0.717) is 0 Å². The standard InChI is InChI=1S/C17H23BrN2S/c1-3-14(19)11-13-6-7-17(16(18)12-13)20(2)9-8-15-5-4-10-21-15/h4-7,10,12,14H,3,8-9,11,19H2,1-2H3. The Morgan fingerprint density at radius 1 is 1.33 bits per heavy atom. The van der Waals surface area contributed by atoms with Crippen molar-refractivity contribution in [2.45, 2.75) is 32.2 Å². The molecule has 2 rings (SSSR count). The van der Waals surface area contributed by atoms with Gasteiger partial charge in [0.1, 0.15) is 0 Å². The summed E-state index contributed by atoms with van der Waals surface area (Å²) in [4.78, 5) is 3.73. The summed E-state index contributed by atoms with van der Waals surface area (Å²) in [5.41, 5.74) is 8.56. The summed E-state index contributed by atoms with van der Waals surface area (Å²) in [6.07, 6.45) is 3.04. The molecule has 0 aliphatic heterocycles. The lowest BCUT2D eigenvalue weighted by atomic mass is 10.0. The van der Waals surface area contributed by atoms with E-state index >= 15 is 0 Å². The van der Waals surface area contributed by atoms with Gasteiger partial charge in [0.15, 0.2) is 0 Å². The second kappa shape index (κ2) is 7.97. The summed E-state index contributed by atoms with van der Waals surface area (Å²) in [6.45, 7) is 3.15. The summed E-state index contributed by atoms with van der Waals surface area (Å²) >= 11 is 5.52. The van der Waals surface area contributed by atoms with E-state index in [2.05, 4.69) is 70.5 Å². The van der Waals surface area contributed by atoms with Gasteiger partial charge >= 0.3 is 0 Å². The molecule has 2 N–H and O–H groups in total. The Morgan fingerprint density at radius 3 is 2.76 bits per heavy atom. The van der Waals surface area contributed by atoms with Crippen molar-refractivity contribution < 1.29 is 0 Å². The second-order valence-electron chi connectivity index (χ2n) is 5.41. The van der Waals surface area contributed by atoms with Gasteiger partial charge < -0.3 is 10.6 Å². The number of nitrogens with zero attached hydrogens (tertiary/aromatic N) is 1. The van der Waals surface area contributed by atoms with E-state index in [1.165, 1.54) is 16.1 Å². The van der Waals surface area contributed by atoms with E-state index in [1.54, 1.807) is 0 Å². The van der Waals surface area contributed by atoms with Crippen molar-refractivity contribution in [3.8, 4) is 0 Å². The normalized spacial score (nSPS) is 12.4. The van der Waals surface area contributed by atoms with Gasteiger partial charge in [0.25, 0.3) is 0 Å². The molecular weight excluding hydrogens is 344 g/mol. The lowest BCUT2D eigenvalue weighted by Gasteiger charge is -2.21. The fourth-order valence-electron chi connectivity index (χ4n) is 2.29. The molecule has 21 heavy (non-hydrogen) atoms. The quantitative estimate of drug-likeness (QED) is 0.782. The zero-order chi connectivity index (χ0) is 15.2. The number of thiophene rings is 1. The Kier molecular flexibility index (Phi) is 6.27. The van der Waals surface area contributed by atoms with Gasteiger partial charge in [0.05, 0.1) is 5.69 Å². The summed E-state index contributed by atoms with van der Waals surface area (Å²) in [5, 5.41) is 2.14. The highest BCUT2D eigenvalue weighted by Gasteiger charge is 2.09. The molecule has 2 aromatic rings. The van der Waals surface area contributed by atoms with Crippen molar-refractivity contribution in [3.05, 3.63) is 50.6 Å². The molecule has 0 amide bonds. The fraction of sp³-hybridized carbons (Fsp3) is 0.412. The molecule has 0 saturated carbocycles. The number of nitrogens with two attached hydrogens (primary N) is 1. The molecule has 1 atom stereocenters. The molecule has 4 heteroatoms. The largest absolute Gasteiger partial charge is 0.373 e. The predicted molar refractivity (Wildman–Crippen MR) is 97.4 cm³/mol. The molecule has 0 spiro atoms. The molecular formula is C17H23BrN2S. The van der Waals surface area contributed by atoms with E-state index < -0.39 is 0 Å². The first-order valence-corrected chi connectivity index (χ1v) is 9.05. The minimum absolute atomic E-state index is 0.249. The van der Waals surface area contributed by atoms with Crippen LogP contribution < -0.4 is 10.6 Å². The molecule has 1 aromatic carbocycles. The third kappa shape index (κ3) is 4.83. The Labute approximate surface area is 140 Å². The van der Waals surface area contributed by atoms with Crippen LogP contribution in [0, 0.1) is 0 Å². The maximum absolute atomic E-state index is 6.03. The average Bonchev–Trinajstić information content (AvgIpc) is 2.98. The van der Waals surface area contributed by atoms with Crippen LogP contribution in [0.15, 0.2) is 40.2 Å². The molecule has 0 bridgehead atoms. The number of hydrogen-bond donors (Lipinski definition) is 1. The smallest absolute Gasteiger partial charge is 0.0508 e. The molecule has 1 aromatic heterocycles. The van der Waals surface area contributed by atoms with Gasteiger partial charge in [-0.15, -0.1) is 11.3 Å². The zero-order valence-corrected chi connectivity index (χ0v) is 15.1. The number of halogens is 1. The number of likely N-dealkylation sites (N-methyl/N-ethyl adjacent to an activating group) is 1.